The number of primary amides is 1. The van der Waals surface area contributed by atoms with E-state index < -0.39 is 170 Å². The molecule has 0 fully saturated rings. The van der Waals surface area contributed by atoms with Crippen molar-refractivity contribution >= 4 is 70.9 Å². The summed E-state index contributed by atoms with van der Waals surface area (Å²) in [7, 11) is 0. The van der Waals surface area contributed by atoms with Gasteiger partial charge in [0.25, 0.3) is 11.8 Å². The summed E-state index contributed by atoms with van der Waals surface area (Å²) in [5.41, 5.74) is 6.55. The molecule has 3 aromatic carbocycles. The normalized spacial score (nSPS) is 13.8. The maximum atomic E-state index is 15.4. The summed E-state index contributed by atoms with van der Waals surface area (Å²) in [6.07, 6.45) is -5.82. The maximum Gasteiger partial charge on any atom is 0.490 e. The molecule has 24 nitrogen and oxygen atoms in total. The fraction of sp³-hybridized carbons (Fsp3) is 0.390. The van der Waals surface area contributed by atoms with Crippen molar-refractivity contribution in [1.29, 1.82) is 0 Å². The van der Waals surface area contributed by atoms with Crippen molar-refractivity contribution in [2.24, 2.45) is 17.1 Å². The molecule has 0 aliphatic carbocycles. The van der Waals surface area contributed by atoms with Crippen LogP contribution in [0.4, 0.5) is 26.7 Å². The Morgan fingerprint density at radius 1 is 0.750 bits per heavy atom. The molecular formula is C59H67F5N8O16. The topological polar surface area (TPSA) is 360 Å². The van der Waals surface area contributed by atoms with Gasteiger partial charge in [0.05, 0.1) is 37.4 Å². The number of hydrogen-bond donors (Lipinski definition) is 8. The minimum absolute atomic E-state index is 0.0319. The first kappa shape index (κ1) is 70.8. The summed E-state index contributed by atoms with van der Waals surface area (Å²) in [6.45, 7) is 4.40. The number of aromatic nitrogens is 1. The molecule has 9 N–H and O–H groups in total. The number of ketones is 2. The molecule has 88 heavy (non-hydrogen) atoms. The molecule has 0 saturated carbocycles. The minimum Gasteiger partial charge on any atom is -0.481 e. The van der Waals surface area contributed by atoms with Gasteiger partial charge in [-0.15, -0.1) is 0 Å². The number of carboxylic acids is 2. The largest absolute Gasteiger partial charge is 0.490 e. The number of imide groups is 1. The summed E-state index contributed by atoms with van der Waals surface area (Å²) >= 11 is 0. The van der Waals surface area contributed by atoms with Gasteiger partial charge in [0.1, 0.15) is 36.9 Å². The lowest BCUT2D eigenvalue weighted by Crippen LogP contribution is -2.56. The van der Waals surface area contributed by atoms with Crippen LogP contribution in [-0.4, -0.2) is 151 Å². The number of aliphatic carboxylic acids is 2. The predicted octanol–water partition coefficient (Wildman–Crippen LogP) is 4.01. The highest BCUT2D eigenvalue weighted by Gasteiger charge is 2.40. The number of nitrogens with one attached hydrogen (secondary N) is 4. The number of nitrogens with two attached hydrogens (primary N) is 1. The summed E-state index contributed by atoms with van der Waals surface area (Å²) in [5.74, 6) is -15.5. The Labute approximate surface area is 500 Å². The molecule has 1 aromatic heterocycles. The average molecular weight is 1240 g/mol. The van der Waals surface area contributed by atoms with Gasteiger partial charge >= 0.3 is 24.2 Å². The van der Waals surface area contributed by atoms with Crippen LogP contribution in [0, 0.1) is 23.0 Å². The van der Waals surface area contributed by atoms with Gasteiger partial charge in [0, 0.05) is 67.6 Å². The van der Waals surface area contributed by atoms with E-state index >= 15 is 4.39 Å². The summed E-state index contributed by atoms with van der Waals surface area (Å²) < 4.78 is 68.7. The fourth-order valence-corrected chi connectivity index (χ4v) is 8.98. The molecule has 1 aliphatic rings. The molecule has 29 heteroatoms. The molecule has 0 radical (unpaired) electrons. The van der Waals surface area contributed by atoms with Crippen LogP contribution < -0.4 is 27.0 Å². The SMILES string of the molecule is C[C@H](NC(=O)OCc1ccccc1)C(=O)C[C@H](CC(=O)O)C(=O)N[C@@H](CC(N)=O)C(=O)N[C@@H](CCN(C(=O)CO)[C@@H](c1cc(-c2cc(F)ccc2F)cn1Cc1ccccc1)C(C)(C)C)C(=O)NCCCC(=O)CN1C(=O)C=CC1=O.O=C(O)C(F)(F)F. The van der Waals surface area contributed by atoms with Gasteiger partial charge in [-0.3, -0.25) is 52.8 Å². The average Bonchev–Trinajstić information content (AvgIpc) is 1.73. The quantitative estimate of drug-likeness (QED) is 0.0208. The maximum absolute atomic E-state index is 15.4. The van der Waals surface area contributed by atoms with Gasteiger partial charge in [-0.25, -0.2) is 18.4 Å². The second-order valence-electron chi connectivity index (χ2n) is 21.2. The van der Waals surface area contributed by atoms with Crippen molar-refractivity contribution in [1.82, 2.24) is 35.6 Å². The van der Waals surface area contributed by atoms with E-state index in [-0.39, 0.29) is 43.7 Å². The number of aliphatic hydroxyl groups excluding tert-OH is 1. The minimum atomic E-state index is -5.08. The number of alkyl halides is 3. The van der Waals surface area contributed by atoms with Crippen molar-refractivity contribution in [3.05, 3.63) is 132 Å². The number of ether oxygens (including phenoxy) is 1. The molecule has 2 heterocycles. The molecule has 0 saturated heterocycles. The van der Waals surface area contributed by atoms with Crippen LogP contribution in [-0.2, 0) is 70.6 Å². The van der Waals surface area contributed by atoms with Crippen LogP contribution in [0.1, 0.15) is 89.1 Å². The number of hydrogen-bond acceptors (Lipinski definition) is 14. The van der Waals surface area contributed by atoms with E-state index in [4.69, 9.17) is 20.4 Å². The lowest BCUT2D eigenvalue weighted by atomic mass is 9.82. The van der Waals surface area contributed by atoms with Crippen LogP contribution in [0.5, 0.6) is 0 Å². The first-order chi connectivity index (χ1) is 41.3. The van der Waals surface area contributed by atoms with E-state index in [1.807, 2.05) is 12.1 Å². The fourth-order valence-electron chi connectivity index (χ4n) is 8.98. The number of carbonyl (C=O) groups excluding carboxylic acids is 10. The predicted molar refractivity (Wildman–Crippen MR) is 300 cm³/mol. The Morgan fingerprint density at radius 3 is 1.90 bits per heavy atom. The van der Waals surface area contributed by atoms with Crippen molar-refractivity contribution < 1.29 is 99.5 Å². The van der Waals surface area contributed by atoms with Gasteiger partial charge in [-0.1, -0.05) is 81.4 Å². The lowest BCUT2D eigenvalue weighted by Gasteiger charge is -2.41. The van der Waals surface area contributed by atoms with E-state index in [0.717, 1.165) is 40.8 Å². The van der Waals surface area contributed by atoms with Crippen molar-refractivity contribution in [3.8, 4) is 11.1 Å². The second kappa shape index (κ2) is 32.7. The number of carboxylic acid groups (broad SMARTS) is 2. The summed E-state index contributed by atoms with van der Waals surface area (Å²) in [6, 6.07) is 16.3. The molecule has 0 bridgehead atoms. The number of Topliss-reactive ketones (excluding diaryl/α,β-unsaturated/α-hetero) is 2. The molecular weight excluding hydrogens is 1170 g/mol. The lowest BCUT2D eigenvalue weighted by molar-refractivity contribution is -0.192. The molecule has 1 aliphatic heterocycles. The van der Waals surface area contributed by atoms with Gasteiger partial charge in [-0.2, -0.15) is 13.2 Å². The highest BCUT2D eigenvalue weighted by Crippen LogP contribution is 2.41. The first-order valence-corrected chi connectivity index (χ1v) is 27.1. The standard InChI is InChI=1S/C57H66F2N8O14.C2HF3O2/c1-34(62-56(80)81-33-36-14-9-6-10-15-36)46(70)25-37(26-51(75)76)53(77)64-44(28-47(60)71)55(79)63-43(54(78)61-22-11-16-40(69)31-67-48(72)19-20-49(67)73)21-23-66(50(74)32-68)52(57(2,3)4)45-24-38(41-27-39(58)17-18-42(41)59)30-65(45)29-35-12-7-5-8-13-35;3-2(4,5)1(6)7/h5-10,12-15,17-20,24,27,30,34,37,43-44,52,68H,11,16,21-23,25-26,28-29,31-33H2,1-4H3,(H2,60,71)(H,61,78)(H,62,80)(H,63,79)(H,64,77)(H,75,76);(H,6,7)/t34-,37+,43-,44-,52-;/m0./s1. The Morgan fingerprint density at radius 2 is 1.34 bits per heavy atom. The number of carbonyl (C=O) groups is 12. The number of halogens is 5. The zero-order valence-corrected chi connectivity index (χ0v) is 48.1. The molecule has 8 amide bonds. The zero-order valence-electron chi connectivity index (χ0n) is 48.1. The molecule has 5 rings (SSSR count). The Kier molecular flexibility index (Phi) is 26.3. The van der Waals surface area contributed by atoms with Crippen LogP contribution in [0.3, 0.4) is 0 Å². The molecule has 474 valence electrons. The summed E-state index contributed by atoms with van der Waals surface area (Å²) in [5, 5.41) is 37.0. The Hall–Kier alpha value is -9.67. The number of amides is 8. The number of benzene rings is 3. The Balaban J connectivity index is 0.00000222. The van der Waals surface area contributed by atoms with Crippen LogP contribution in [0.15, 0.2) is 103 Å². The third-order valence-corrected chi connectivity index (χ3v) is 13.2. The first-order valence-electron chi connectivity index (χ1n) is 27.1. The van der Waals surface area contributed by atoms with Gasteiger partial charge < -0.3 is 56.5 Å². The Bertz CT molecular complexity index is 3210. The van der Waals surface area contributed by atoms with Gasteiger partial charge in [0.15, 0.2) is 11.6 Å². The second-order valence-corrected chi connectivity index (χ2v) is 21.2. The van der Waals surface area contributed by atoms with Gasteiger partial charge in [0.2, 0.25) is 29.5 Å². The van der Waals surface area contributed by atoms with Crippen molar-refractivity contribution in [2.45, 2.75) is 110 Å². The zero-order chi connectivity index (χ0) is 65.6. The third-order valence-electron chi connectivity index (χ3n) is 13.2. The smallest absolute Gasteiger partial charge is 0.481 e. The van der Waals surface area contributed by atoms with E-state index in [9.17, 15) is 80.5 Å². The number of nitrogens with zero attached hydrogens (tertiary/aromatic N) is 3. The van der Waals surface area contributed by atoms with Crippen LogP contribution >= 0.6 is 0 Å². The number of alkyl carbamates (subject to hydrolysis) is 1. The van der Waals surface area contributed by atoms with E-state index in [2.05, 4.69) is 21.3 Å². The van der Waals surface area contributed by atoms with E-state index in [1.165, 1.54) is 11.8 Å². The van der Waals surface area contributed by atoms with Gasteiger partial charge in [-0.05, 0) is 60.6 Å². The number of aliphatic hydroxyl groups is 1. The molecule has 5 atom stereocenters. The molecule has 4 aromatic rings. The highest BCUT2D eigenvalue weighted by molar-refractivity contribution is 6.14. The van der Waals surface area contributed by atoms with Crippen molar-refractivity contribution in [3.63, 3.8) is 0 Å². The summed E-state index contributed by atoms with van der Waals surface area (Å²) in [4.78, 5) is 155. The highest BCUT2D eigenvalue weighted by atomic mass is 19.4. The van der Waals surface area contributed by atoms with E-state index in [0.29, 0.717) is 11.3 Å². The van der Waals surface area contributed by atoms with Crippen molar-refractivity contribution in [2.75, 3.05) is 26.2 Å². The molecule has 0 spiro atoms. The monoisotopic (exact) mass is 1240 g/mol. The van der Waals surface area contributed by atoms with E-state index in [1.54, 1.807) is 86.1 Å². The van der Waals surface area contributed by atoms with Crippen LogP contribution in [0.2, 0.25) is 0 Å². The third kappa shape index (κ3) is 22.3. The number of rotatable bonds is 30. The molecule has 0 unspecified atom stereocenters. The van der Waals surface area contributed by atoms with Crippen LogP contribution in [0.25, 0.3) is 11.1 Å².